The molecule has 3 rings (SSSR count). The molecule has 0 spiro atoms. The Kier molecular flexibility index (Phi) is 2.80. The number of hydrogen-bond acceptors (Lipinski definition) is 2. The zero-order chi connectivity index (χ0) is 13.6. The number of nitrogen functional groups attached to an aromatic ring is 1. The fourth-order valence-corrected chi connectivity index (χ4v) is 3.56. The van der Waals surface area contributed by atoms with Crippen molar-refractivity contribution in [3.8, 4) is 0 Å². The van der Waals surface area contributed by atoms with Crippen molar-refractivity contribution in [3.05, 3.63) is 23.8 Å². The number of para-hydroxylation sites is 1. The predicted molar refractivity (Wildman–Crippen MR) is 80.2 cm³/mol. The molecule has 3 heteroatoms. The van der Waals surface area contributed by atoms with Crippen LogP contribution < -0.4 is 5.73 Å². The number of fused-ring (bicyclic) bond motifs is 1. The van der Waals surface area contributed by atoms with Crippen LogP contribution in [0.2, 0.25) is 0 Å². The van der Waals surface area contributed by atoms with Crippen molar-refractivity contribution >= 4 is 17.0 Å². The maximum Gasteiger partial charge on any atom is 0.201 e. The molecule has 1 atom stereocenters. The normalized spacial score (nSPS) is 22.8. The van der Waals surface area contributed by atoms with Gasteiger partial charge in [0.15, 0.2) is 0 Å². The fraction of sp³-hybridized carbons (Fsp3) is 0.562. The van der Waals surface area contributed by atoms with Crippen LogP contribution in [0.3, 0.4) is 0 Å². The van der Waals surface area contributed by atoms with Crippen LogP contribution in [0.4, 0.5) is 5.95 Å². The van der Waals surface area contributed by atoms with Gasteiger partial charge in [0.05, 0.1) is 11.0 Å². The van der Waals surface area contributed by atoms with Crippen molar-refractivity contribution in [2.45, 2.75) is 52.5 Å². The van der Waals surface area contributed by atoms with Crippen LogP contribution in [0.15, 0.2) is 18.2 Å². The van der Waals surface area contributed by atoms with Gasteiger partial charge in [-0.25, -0.2) is 4.98 Å². The first kappa shape index (κ1) is 12.5. The average Bonchev–Trinajstić information content (AvgIpc) is 2.67. The van der Waals surface area contributed by atoms with Crippen molar-refractivity contribution < 1.29 is 0 Å². The summed E-state index contributed by atoms with van der Waals surface area (Å²) in [5.41, 5.74) is 9.98. The van der Waals surface area contributed by atoms with Gasteiger partial charge >= 0.3 is 0 Å². The molecule has 102 valence electrons. The molecule has 3 nitrogen and oxygen atoms in total. The molecular weight excluding hydrogens is 234 g/mol. The summed E-state index contributed by atoms with van der Waals surface area (Å²) in [6, 6.07) is 6.82. The second-order valence-electron chi connectivity index (χ2n) is 6.53. The number of aryl methyl sites for hydroxylation is 1. The summed E-state index contributed by atoms with van der Waals surface area (Å²) in [6.07, 6.45) is 5.09. The molecule has 0 amide bonds. The number of nitrogens with zero attached hydrogens (tertiary/aromatic N) is 2. The number of benzene rings is 1. The summed E-state index contributed by atoms with van der Waals surface area (Å²) >= 11 is 0. The zero-order valence-corrected chi connectivity index (χ0v) is 12.1. The lowest BCUT2D eigenvalue weighted by Crippen LogP contribution is -2.31. The third kappa shape index (κ3) is 1.92. The van der Waals surface area contributed by atoms with E-state index in [9.17, 15) is 0 Å². The number of imidazole rings is 1. The summed E-state index contributed by atoms with van der Waals surface area (Å²) in [5, 5.41) is 0. The molecule has 2 aromatic rings. The maximum absolute atomic E-state index is 6.23. The van der Waals surface area contributed by atoms with Gasteiger partial charge in [-0.15, -0.1) is 0 Å². The van der Waals surface area contributed by atoms with Crippen molar-refractivity contribution in [2.75, 3.05) is 5.73 Å². The SMILES string of the molecule is Cc1cccc2c1nc(N)n2C1CCCCC1(C)C. The fourth-order valence-electron chi connectivity index (χ4n) is 3.56. The van der Waals surface area contributed by atoms with E-state index in [0.717, 1.165) is 5.52 Å². The standard InChI is InChI=1S/C16H23N3/c1-11-7-6-8-12-14(11)18-15(17)19(12)13-9-4-5-10-16(13,2)3/h6-8,13H,4-5,9-10H2,1-3H3,(H2,17,18). The Hall–Kier alpha value is -1.51. The molecule has 1 fully saturated rings. The van der Waals surface area contributed by atoms with Crippen LogP contribution in [0.5, 0.6) is 0 Å². The van der Waals surface area contributed by atoms with E-state index in [-0.39, 0.29) is 0 Å². The van der Waals surface area contributed by atoms with Crippen LogP contribution in [0.1, 0.15) is 51.1 Å². The van der Waals surface area contributed by atoms with Crippen LogP contribution in [-0.4, -0.2) is 9.55 Å². The first-order valence-electron chi connectivity index (χ1n) is 7.24. The van der Waals surface area contributed by atoms with Crippen LogP contribution in [0, 0.1) is 12.3 Å². The highest BCUT2D eigenvalue weighted by Crippen LogP contribution is 2.46. The molecule has 1 aliphatic carbocycles. The van der Waals surface area contributed by atoms with Gasteiger partial charge < -0.3 is 10.3 Å². The number of rotatable bonds is 1. The van der Waals surface area contributed by atoms with E-state index in [0.29, 0.717) is 17.4 Å². The van der Waals surface area contributed by atoms with Gasteiger partial charge in [0, 0.05) is 6.04 Å². The third-order valence-electron chi connectivity index (χ3n) is 4.71. The lowest BCUT2D eigenvalue weighted by atomic mass is 9.73. The van der Waals surface area contributed by atoms with E-state index in [1.807, 2.05) is 0 Å². The monoisotopic (exact) mass is 257 g/mol. The van der Waals surface area contributed by atoms with Crippen LogP contribution in [0.25, 0.3) is 11.0 Å². The summed E-state index contributed by atoms with van der Waals surface area (Å²) in [7, 11) is 0. The Morgan fingerprint density at radius 2 is 2.11 bits per heavy atom. The predicted octanol–water partition coefficient (Wildman–Crippen LogP) is 4.07. The van der Waals surface area contributed by atoms with Gasteiger partial charge in [0.1, 0.15) is 0 Å². The third-order valence-corrected chi connectivity index (χ3v) is 4.71. The van der Waals surface area contributed by atoms with E-state index in [2.05, 4.69) is 48.5 Å². The Morgan fingerprint density at radius 1 is 1.32 bits per heavy atom. The highest BCUT2D eigenvalue weighted by molar-refractivity contribution is 5.81. The molecule has 0 radical (unpaired) electrons. The van der Waals surface area contributed by atoms with E-state index in [1.54, 1.807) is 0 Å². The topological polar surface area (TPSA) is 43.8 Å². The highest BCUT2D eigenvalue weighted by atomic mass is 15.2. The lowest BCUT2D eigenvalue weighted by Gasteiger charge is -2.40. The smallest absolute Gasteiger partial charge is 0.201 e. The first-order valence-corrected chi connectivity index (χ1v) is 7.24. The first-order chi connectivity index (χ1) is 9.00. The van der Waals surface area contributed by atoms with Crippen molar-refractivity contribution in [3.63, 3.8) is 0 Å². The molecule has 1 aromatic heterocycles. The second-order valence-corrected chi connectivity index (χ2v) is 6.53. The molecule has 2 N–H and O–H groups in total. The van der Waals surface area contributed by atoms with Crippen LogP contribution >= 0.6 is 0 Å². The number of nitrogens with two attached hydrogens (primary N) is 1. The molecule has 0 aliphatic heterocycles. The Balaban J connectivity index is 2.19. The van der Waals surface area contributed by atoms with Gasteiger partial charge in [-0.2, -0.15) is 0 Å². The zero-order valence-electron chi connectivity index (χ0n) is 12.1. The quantitative estimate of drug-likeness (QED) is 0.837. The minimum Gasteiger partial charge on any atom is -0.369 e. The van der Waals surface area contributed by atoms with Gasteiger partial charge in [0.25, 0.3) is 0 Å². The van der Waals surface area contributed by atoms with Crippen molar-refractivity contribution in [2.24, 2.45) is 5.41 Å². The lowest BCUT2D eigenvalue weighted by molar-refractivity contribution is 0.149. The van der Waals surface area contributed by atoms with E-state index < -0.39 is 0 Å². The maximum atomic E-state index is 6.23. The van der Waals surface area contributed by atoms with E-state index in [1.165, 1.54) is 36.8 Å². The van der Waals surface area contributed by atoms with Crippen LogP contribution in [-0.2, 0) is 0 Å². The van der Waals surface area contributed by atoms with Crippen molar-refractivity contribution in [1.29, 1.82) is 0 Å². The summed E-state index contributed by atoms with van der Waals surface area (Å²) < 4.78 is 2.28. The molecule has 1 unspecified atom stereocenters. The molecular formula is C16H23N3. The highest BCUT2D eigenvalue weighted by Gasteiger charge is 2.35. The summed E-state index contributed by atoms with van der Waals surface area (Å²) in [5.74, 6) is 0.671. The molecule has 1 aromatic carbocycles. The van der Waals surface area contributed by atoms with Gasteiger partial charge in [-0.3, -0.25) is 0 Å². The molecule has 19 heavy (non-hydrogen) atoms. The minimum atomic E-state index is 0.295. The molecule has 0 bridgehead atoms. The Morgan fingerprint density at radius 3 is 2.84 bits per heavy atom. The van der Waals surface area contributed by atoms with Gasteiger partial charge in [-0.05, 0) is 36.8 Å². The van der Waals surface area contributed by atoms with Gasteiger partial charge in [0.2, 0.25) is 5.95 Å². The summed E-state index contributed by atoms with van der Waals surface area (Å²) in [6.45, 7) is 6.82. The largest absolute Gasteiger partial charge is 0.369 e. The number of aromatic nitrogens is 2. The average molecular weight is 257 g/mol. The van der Waals surface area contributed by atoms with Crippen molar-refractivity contribution in [1.82, 2.24) is 9.55 Å². The molecule has 1 saturated carbocycles. The van der Waals surface area contributed by atoms with E-state index in [4.69, 9.17) is 5.73 Å². The molecule has 1 heterocycles. The number of anilines is 1. The summed E-state index contributed by atoms with van der Waals surface area (Å²) in [4.78, 5) is 4.59. The Bertz CT molecular complexity index is 610. The van der Waals surface area contributed by atoms with E-state index >= 15 is 0 Å². The Labute approximate surface area is 114 Å². The molecule has 0 saturated heterocycles. The minimum absolute atomic E-state index is 0.295. The van der Waals surface area contributed by atoms with Gasteiger partial charge in [-0.1, -0.05) is 38.8 Å². The number of hydrogen-bond donors (Lipinski definition) is 1. The molecule has 1 aliphatic rings. The second kappa shape index (κ2) is 4.26.